The van der Waals surface area contributed by atoms with Crippen LogP contribution in [0.15, 0.2) is 55.1 Å². The van der Waals surface area contributed by atoms with Gasteiger partial charge in [-0.2, -0.15) is 0 Å². The summed E-state index contributed by atoms with van der Waals surface area (Å²) in [5, 5.41) is 3.07. The van der Waals surface area contributed by atoms with E-state index in [4.69, 9.17) is 4.74 Å². The molecule has 0 saturated carbocycles. The van der Waals surface area contributed by atoms with E-state index in [9.17, 15) is 9.18 Å². The number of halogens is 1. The molecule has 9 heteroatoms. The summed E-state index contributed by atoms with van der Waals surface area (Å²) < 4.78 is 19.0. The average molecular weight is 422 g/mol. The molecule has 1 aliphatic heterocycles. The Hall–Kier alpha value is -3.62. The fourth-order valence-electron chi connectivity index (χ4n) is 3.53. The zero-order chi connectivity index (χ0) is 21.5. The van der Waals surface area contributed by atoms with Crippen molar-refractivity contribution in [3.8, 4) is 5.75 Å². The quantitative estimate of drug-likeness (QED) is 0.626. The molecule has 1 aromatic carbocycles. The van der Waals surface area contributed by atoms with Crippen LogP contribution in [-0.2, 0) is 11.2 Å². The topological polar surface area (TPSA) is 93.1 Å². The highest BCUT2D eigenvalue weighted by Gasteiger charge is 2.24. The van der Waals surface area contributed by atoms with E-state index in [-0.39, 0.29) is 18.3 Å². The van der Waals surface area contributed by atoms with Crippen LogP contribution in [0, 0.1) is 11.7 Å². The Morgan fingerprint density at radius 1 is 1.10 bits per heavy atom. The Morgan fingerprint density at radius 3 is 2.65 bits per heavy atom. The molecule has 2 aromatic heterocycles. The standard InChI is InChI=1S/C22H23FN6O2/c23-18-4-1-2-5-19(18)31-14-21(30)29-10-6-16(7-11-29)12-17-13-20(27-15-26-17)28-22-24-8-3-9-25-22/h1-5,8-9,13,15-16H,6-7,10-12,14H2,(H,24,25,26,27,28). The summed E-state index contributed by atoms with van der Waals surface area (Å²) in [4.78, 5) is 31.0. The minimum absolute atomic E-state index is 0.0970. The lowest BCUT2D eigenvalue weighted by molar-refractivity contribution is -0.134. The molecule has 0 radical (unpaired) electrons. The number of hydrogen-bond donors (Lipinski definition) is 1. The Morgan fingerprint density at radius 2 is 1.87 bits per heavy atom. The van der Waals surface area contributed by atoms with Crippen LogP contribution in [0.25, 0.3) is 0 Å². The second-order valence-electron chi connectivity index (χ2n) is 7.34. The first-order valence-electron chi connectivity index (χ1n) is 10.2. The van der Waals surface area contributed by atoms with E-state index >= 15 is 0 Å². The number of nitrogens with one attached hydrogen (secondary N) is 1. The summed E-state index contributed by atoms with van der Waals surface area (Å²) in [6.45, 7) is 1.14. The third-order valence-corrected chi connectivity index (χ3v) is 5.18. The Balaban J connectivity index is 1.25. The van der Waals surface area contributed by atoms with Gasteiger partial charge in [-0.25, -0.2) is 24.3 Å². The van der Waals surface area contributed by atoms with Crippen molar-refractivity contribution < 1.29 is 13.9 Å². The van der Waals surface area contributed by atoms with Crippen LogP contribution in [0.1, 0.15) is 18.5 Å². The summed E-state index contributed by atoms with van der Waals surface area (Å²) in [5.41, 5.74) is 0.932. The largest absolute Gasteiger partial charge is 0.481 e. The maximum Gasteiger partial charge on any atom is 0.260 e. The van der Waals surface area contributed by atoms with E-state index in [2.05, 4.69) is 25.3 Å². The van der Waals surface area contributed by atoms with Crippen LogP contribution in [-0.4, -0.2) is 50.4 Å². The second kappa shape index (κ2) is 9.92. The van der Waals surface area contributed by atoms with E-state index in [0.29, 0.717) is 30.8 Å². The van der Waals surface area contributed by atoms with Crippen molar-refractivity contribution in [3.63, 3.8) is 0 Å². The molecule has 3 aromatic rings. The fraction of sp³-hybridized carbons (Fsp3) is 0.318. The molecule has 160 valence electrons. The van der Waals surface area contributed by atoms with Gasteiger partial charge in [0.2, 0.25) is 5.95 Å². The van der Waals surface area contributed by atoms with Crippen molar-refractivity contribution in [2.24, 2.45) is 5.92 Å². The number of likely N-dealkylation sites (tertiary alicyclic amines) is 1. The van der Waals surface area contributed by atoms with E-state index in [1.807, 2.05) is 6.07 Å². The van der Waals surface area contributed by atoms with Gasteiger partial charge in [0.05, 0.1) is 0 Å². The smallest absolute Gasteiger partial charge is 0.260 e. The number of piperidine rings is 1. The molecule has 8 nitrogen and oxygen atoms in total. The monoisotopic (exact) mass is 422 g/mol. The van der Waals surface area contributed by atoms with Crippen molar-refractivity contribution in [1.29, 1.82) is 0 Å². The highest BCUT2D eigenvalue weighted by molar-refractivity contribution is 5.77. The molecule has 1 aliphatic rings. The molecule has 1 saturated heterocycles. The number of benzene rings is 1. The highest BCUT2D eigenvalue weighted by Crippen LogP contribution is 2.22. The summed E-state index contributed by atoms with van der Waals surface area (Å²) in [6.07, 6.45) is 7.40. The number of amides is 1. The maximum absolute atomic E-state index is 13.6. The van der Waals surface area contributed by atoms with E-state index in [0.717, 1.165) is 25.0 Å². The number of rotatable bonds is 7. The molecular weight excluding hydrogens is 399 g/mol. The Kier molecular flexibility index (Phi) is 6.61. The first-order chi connectivity index (χ1) is 15.2. The van der Waals surface area contributed by atoms with Crippen molar-refractivity contribution in [2.75, 3.05) is 25.0 Å². The van der Waals surface area contributed by atoms with Crippen LogP contribution in [0.4, 0.5) is 16.2 Å². The molecule has 0 aliphatic carbocycles. The summed E-state index contributed by atoms with van der Waals surface area (Å²) in [7, 11) is 0. The number of aromatic nitrogens is 4. The number of nitrogens with zero attached hydrogens (tertiary/aromatic N) is 5. The van der Waals surface area contributed by atoms with Gasteiger partial charge in [-0.1, -0.05) is 12.1 Å². The van der Waals surface area contributed by atoms with Gasteiger partial charge in [0.25, 0.3) is 5.91 Å². The molecule has 1 amide bonds. The lowest BCUT2D eigenvalue weighted by atomic mass is 9.92. The Bertz CT molecular complexity index is 1010. The molecular formula is C22H23FN6O2. The zero-order valence-electron chi connectivity index (χ0n) is 16.9. The molecule has 3 heterocycles. The molecule has 0 unspecified atom stereocenters. The first kappa shape index (κ1) is 20.6. The predicted molar refractivity (Wildman–Crippen MR) is 112 cm³/mol. The zero-order valence-corrected chi connectivity index (χ0v) is 16.9. The summed E-state index contributed by atoms with van der Waals surface area (Å²) in [6, 6.07) is 9.74. The van der Waals surface area contributed by atoms with E-state index in [1.54, 1.807) is 35.5 Å². The number of ether oxygens (including phenoxy) is 1. The van der Waals surface area contributed by atoms with Gasteiger partial charge >= 0.3 is 0 Å². The van der Waals surface area contributed by atoms with E-state index < -0.39 is 5.82 Å². The van der Waals surface area contributed by atoms with Crippen molar-refractivity contribution in [1.82, 2.24) is 24.8 Å². The van der Waals surface area contributed by atoms with Crippen LogP contribution in [0.5, 0.6) is 5.75 Å². The average Bonchev–Trinajstić information content (AvgIpc) is 2.80. The number of hydrogen-bond acceptors (Lipinski definition) is 7. The lowest BCUT2D eigenvalue weighted by Crippen LogP contribution is -2.41. The van der Waals surface area contributed by atoms with Crippen LogP contribution in [0.2, 0.25) is 0 Å². The molecule has 0 bridgehead atoms. The van der Waals surface area contributed by atoms with Gasteiger partial charge < -0.3 is 15.0 Å². The van der Waals surface area contributed by atoms with Crippen molar-refractivity contribution in [3.05, 3.63) is 66.6 Å². The van der Waals surface area contributed by atoms with Gasteiger partial charge in [-0.3, -0.25) is 4.79 Å². The molecule has 0 atom stereocenters. The normalized spacial score (nSPS) is 14.3. The summed E-state index contributed by atoms with van der Waals surface area (Å²) in [5.74, 6) is 1.06. The van der Waals surface area contributed by atoms with Crippen LogP contribution >= 0.6 is 0 Å². The van der Waals surface area contributed by atoms with Gasteiger partial charge in [0.15, 0.2) is 18.2 Å². The predicted octanol–water partition coefficient (Wildman–Crippen LogP) is 3.01. The molecule has 4 rings (SSSR count). The SMILES string of the molecule is O=C(COc1ccccc1F)N1CCC(Cc2cc(Nc3ncccn3)ncn2)CC1. The molecule has 31 heavy (non-hydrogen) atoms. The van der Waals surface area contributed by atoms with Crippen LogP contribution in [0.3, 0.4) is 0 Å². The number of para-hydroxylation sites is 1. The number of carbonyl (C=O) groups excluding carboxylic acids is 1. The van der Waals surface area contributed by atoms with E-state index in [1.165, 1.54) is 18.5 Å². The van der Waals surface area contributed by atoms with Crippen molar-refractivity contribution >= 4 is 17.7 Å². The third kappa shape index (κ3) is 5.71. The fourth-order valence-corrected chi connectivity index (χ4v) is 3.53. The molecule has 1 fully saturated rings. The minimum atomic E-state index is -0.466. The number of carbonyl (C=O) groups is 1. The number of anilines is 2. The second-order valence-corrected chi connectivity index (χ2v) is 7.34. The molecule has 0 spiro atoms. The maximum atomic E-state index is 13.6. The summed E-state index contributed by atoms with van der Waals surface area (Å²) >= 11 is 0. The lowest BCUT2D eigenvalue weighted by Gasteiger charge is -2.31. The minimum Gasteiger partial charge on any atom is -0.481 e. The van der Waals surface area contributed by atoms with Gasteiger partial charge in [-0.15, -0.1) is 0 Å². The highest BCUT2D eigenvalue weighted by atomic mass is 19.1. The van der Waals surface area contributed by atoms with Gasteiger partial charge in [0, 0.05) is 37.2 Å². The van der Waals surface area contributed by atoms with Crippen LogP contribution < -0.4 is 10.1 Å². The Labute approximate surface area is 179 Å². The van der Waals surface area contributed by atoms with Gasteiger partial charge in [0.1, 0.15) is 12.1 Å². The van der Waals surface area contributed by atoms with Gasteiger partial charge in [-0.05, 0) is 43.4 Å². The molecule has 1 N–H and O–H groups in total. The van der Waals surface area contributed by atoms with Crippen molar-refractivity contribution in [2.45, 2.75) is 19.3 Å². The first-order valence-corrected chi connectivity index (χ1v) is 10.2. The third-order valence-electron chi connectivity index (χ3n) is 5.18.